The van der Waals surface area contributed by atoms with Crippen LogP contribution in [0.4, 0.5) is 0 Å². The Bertz CT molecular complexity index is 1170. The van der Waals surface area contributed by atoms with Crippen LogP contribution in [0.1, 0.15) is 16.7 Å². The summed E-state index contributed by atoms with van der Waals surface area (Å²) < 4.78 is 2.15. The van der Waals surface area contributed by atoms with Gasteiger partial charge in [0.1, 0.15) is 0 Å². The summed E-state index contributed by atoms with van der Waals surface area (Å²) in [5.74, 6) is 0.0378. The molecule has 1 N–H and O–H groups in total. The minimum Gasteiger partial charge on any atom is -0.314 e. The van der Waals surface area contributed by atoms with Crippen LogP contribution < -0.4 is 5.43 Å². The van der Waals surface area contributed by atoms with Crippen molar-refractivity contribution in [2.45, 2.75) is 18.6 Å². The van der Waals surface area contributed by atoms with Gasteiger partial charge in [-0.3, -0.25) is 9.78 Å². The number of nitrogens with one attached hydrogen (secondary N) is 1. The van der Waals surface area contributed by atoms with Gasteiger partial charge in [0.2, 0.25) is 0 Å². The van der Waals surface area contributed by atoms with Crippen LogP contribution in [0.5, 0.6) is 0 Å². The predicted octanol–water partition coefficient (Wildman–Crippen LogP) is 4.03. The third-order valence-electron chi connectivity index (χ3n) is 4.50. The quantitative estimate of drug-likeness (QED) is 0.281. The van der Waals surface area contributed by atoms with Gasteiger partial charge in [-0.1, -0.05) is 59.8 Å². The lowest BCUT2D eigenvalue weighted by Crippen LogP contribution is -2.20. The highest BCUT2D eigenvalue weighted by molar-refractivity contribution is 7.99. The zero-order chi connectivity index (χ0) is 20.8. The van der Waals surface area contributed by atoms with Crippen LogP contribution in [-0.2, 0) is 11.3 Å². The molecular formula is C23H21N5OS. The summed E-state index contributed by atoms with van der Waals surface area (Å²) in [6.07, 6.45) is 4.94. The van der Waals surface area contributed by atoms with Crippen molar-refractivity contribution in [3.8, 4) is 0 Å². The maximum absolute atomic E-state index is 12.2. The van der Waals surface area contributed by atoms with Gasteiger partial charge < -0.3 is 4.57 Å². The number of carbonyl (C=O) groups is 1. The fourth-order valence-electron chi connectivity index (χ4n) is 2.99. The number of amides is 1. The SMILES string of the molecule is Cc1ccc(Cn2c(SCC(=O)N/N=C\c3cccnc3)nc3ccccc32)cc1. The van der Waals surface area contributed by atoms with Gasteiger partial charge in [-0.05, 0) is 30.7 Å². The molecule has 7 heteroatoms. The second-order valence-corrected chi connectivity index (χ2v) is 7.77. The zero-order valence-electron chi connectivity index (χ0n) is 16.5. The van der Waals surface area contributed by atoms with Gasteiger partial charge in [0.05, 0.1) is 29.5 Å². The van der Waals surface area contributed by atoms with Crippen molar-refractivity contribution in [2.75, 3.05) is 5.75 Å². The number of rotatable bonds is 7. The first kappa shape index (κ1) is 19.8. The maximum Gasteiger partial charge on any atom is 0.250 e. The third-order valence-corrected chi connectivity index (χ3v) is 5.48. The Morgan fingerprint density at radius 2 is 1.97 bits per heavy atom. The molecule has 0 atom stereocenters. The minimum atomic E-state index is -0.186. The molecule has 0 radical (unpaired) electrons. The van der Waals surface area contributed by atoms with E-state index in [1.54, 1.807) is 18.6 Å². The van der Waals surface area contributed by atoms with Crippen LogP contribution in [-0.4, -0.2) is 32.4 Å². The number of pyridine rings is 1. The molecule has 2 aromatic carbocycles. The monoisotopic (exact) mass is 415 g/mol. The molecule has 4 rings (SSSR count). The van der Waals surface area contributed by atoms with Crippen LogP contribution in [0, 0.1) is 6.92 Å². The molecule has 0 aliphatic carbocycles. The number of aromatic nitrogens is 3. The van der Waals surface area contributed by atoms with E-state index in [1.807, 2.05) is 30.3 Å². The maximum atomic E-state index is 12.2. The van der Waals surface area contributed by atoms with E-state index in [0.717, 1.165) is 21.8 Å². The number of imidazole rings is 1. The van der Waals surface area contributed by atoms with E-state index in [9.17, 15) is 4.79 Å². The van der Waals surface area contributed by atoms with Crippen molar-refractivity contribution in [3.05, 3.63) is 89.7 Å². The van der Waals surface area contributed by atoms with Crippen molar-refractivity contribution in [1.82, 2.24) is 20.0 Å². The number of fused-ring (bicyclic) bond motifs is 1. The van der Waals surface area contributed by atoms with Gasteiger partial charge >= 0.3 is 0 Å². The lowest BCUT2D eigenvalue weighted by Gasteiger charge is -2.09. The molecule has 0 saturated heterocycles. The van der Waals surface area contributed by atoms with E-state index < -0.39 is 0 Å². The number of thioether (sulfide) groups is 1. The number of benzene rings is 2. The van der Waals surface area contributed by atoms with Crippen LogP contribution >= 0.6 is 11.8 Å². The summed E-state index contributed by atoms with van der Waals surface area (Å²) in [5.41, 5.74) is 7.77. The zero-order valence-corrected chi connectivity index (χ0v) is 17.3. The Hall–Kier alpha value is -3.45. The third kappa shape index (κ3) is 4.93. The average Bonchev–Trinajstić information content (AvgIpc) is 3.12. The van der Waals surface area contributed by atoms with Gasteiger partial charge in [-0.15, -0.1) is 0 Å². The Morgan fingerprint density at radius 1 is 1.13 bits per heavy atom. The Morgan fingerprint density at radius 3 is 2.77 bits per heavy atom. The van der Waals surface area contributed by atoms with Crippen LogP contribution in [0.2, 0.25) is 0 Å². The molecular weight excluding hydrogens is 394 g/mol. The van der Waals surface area contributed by atoms with Crippen molar-refractivity contribution < 1.29 is 4.79 Å². The largest absolute Gasteiger partial charge is 0.314 e. The van der Waals surface area contributed by atoms with Gasteiger partial charge in [-0.25, -0.2) is 10.4 Å². The Kier molecular flexibility index (Phi) is 6.20. The van der Waals surface area contributed by atoms with Gasteiger partial charge in [0, 0.05) is 18.0 Å². The first-order chi connectivity index (χ1) is 14.7. The molecule has 0 spiro atoms. The number of para-hydroxylation sites is 2. The topological polar surface area (TPSA) is 72.2 Å². The van der Waals surface area contributed by atoms with E-state index in [2.05, 4.69) is 57.3 Å². The smallest absolute Gasteiger partial charge is 0.250 e. The Balaban J connectivity index is 1.46. The highest BCUT2D eigenvalue weighted by Crippen LogP contribution is 2.25. The molecule has 2 heterocycles. The van der Waals surface area contributed by atoms with E-state index in [-0.39, 0.29) is 11.7 Å². The van der Waals surface area contributed by atoms with Gasteiger partial charge in [-0.2, -0.15) is 5.10 Å². The van der Waals surface area contributed by atoms with Crippen molar-refractivity contribution in [3.63, 3.8) is 0 Å². The number of aryl methyl sites for hydroxylation is 1. The molecule has 150 valence electrons. The Labute approximate surface area is 179 Å². The standard InChI is InChI=1S/C23H21N5OS/c1-17-8-10-18(11-9-17)15-28-21-7-3-2-6-20(21)26-23(28)30-16-22(29)27-25-14-19-5-4-12-24-13-19/h2-14H,15-16H2,1H3,(H,27,29)/b25-14-. The molecule has 0 bridgehead atoms. The first-order valence-electron chi connectivity index (χ1n) is 9.54. The van der Waals surface area contributed by atoms with E-state index >= 15 is 0 Å². The normalized spacial score (nSPS) is 11.2. The van der Waals surface area contributed by atoms with Crippen LogP contribution in [0.3, 0.4) is 0 Å². The lowest BCUT2D eigenvalue weighted by atomic mass is 10.1. The molecule has 0 fully saturated rings. The van der Waals surface area contributed by atoms with Crippen molar-refractivity contribution >= 4 is 34.9 Å². The molecule has 0 unspecified atom stereocenters. The van der Waals surface area contributed by atoms with Crippen LogP contribution in [0.25, 0.3) is 11.0 Å². The van der Waals surface area contributed by atoms with E-state index in [0.29, 0.717) is 6.54 Å². The number of hydrogen-bond donors (Lipinski definition) is 1. The molecule has 0 saturated carbocycles. The molecule has 6 nitrogen and oxygen atoms in total. The fourth-order valence-corrected chi connectivity index (χ4v) is 3.79. The molecule has 4 aromatic rings. The number of hydrazone groups is 1. The summed E-state index contributed by atoms with van der Waals surface area (Å²) >= 11 is 1.40. The summed E-state index contributed by atoms with van der Waals surface area (Å²) in [6, 6.07) is 20.2. The number of hydrogen-bond acceptors (Lipinski definition) is 5. The molecule has 0 aliphatic rings. The highest BCUT2D eigenvalue weighted by Gasteiger charge is 2.13. The van der Waals surface area contributed by atoms with Gasteiger partial charge in [0.25, 0.3) is 5.91 Å². The second-order valence-electron chi connectivity index (χ2n) is 6.82. The summed E-state index contributed by atoms with van der Waals surface area (Å²) in [7, 11) is 0. The van der Waals surface area contributed by atoms with Crippen molar-refractivity contribution in [2.24, 2.45) is 5.10 Å². The fraction of sp³-hybridized carbons (Fsp3) is 0.130. The highest BCUT2D eigenvalue weighted by atomic mass is 32.2. The second kappa shape index (κ2) is 9.37. The van der Waals surface area contributed by atoms with Gasteiger partial charge in [0.15, 0.2) is 5.16 Å². The number of nitrogens with zero attached hydrogens (tertiary/aromatic N) is 4. The molecule has 1 amide bonds. The molecule has 0 aliphatic heterocycles. The molecule has 30 heavy (non-hydrogen) atoms. The average molecular weight is 416 g/mol. The summed E-state index contributed by atoms with van der Waals surface area (Å²) in [6.45, 7) is 2.77. The lowest BCUT2D eigenvalue weighted by molar-refractivity contribution is -0.118. The molecule has 2 aromatic heterocycles. The number of carbonyl (C=O) groups excluding carboxylic acids is 1. The van der Waals surface area contributed by atoms with Crippen LogP contribution in [0.15, 0.2) is 83.3 Å². The van der Waals surface area contributed by atoms with E-state index in [1.165, 1.54) is 22.9 Å². The summed E-state index contributed by atoms with van der Waals surface area (Å²) in [5, 5.41) is 4.80. The minimum absolute atomic E-state index is 0.186. The predicted molar refractivity (Wildman–Crippen MR) is 121 cm³/mol. The first-order valence-corrected chi connectivity index (χ1v) is 10.5. The van der Waals surface area contributed by atoms with Crippen molar-refractivity contribution in [1.29, 1.82) is 0 Å². The summed E-state index contributed by atoms with van der Waals surface area (Å²) in [4.78, 5) is 21.0. The van der Waals surface area contributed by atoms with E-state index in [4.69, 9.17) is 4.98 Å².